The third-order valence-electron chi connectivity index (χ3n) is 4.61. The normalized spacial score (nSPS) is 27.8. The van der Waals surface area contributed by atoms with Crippen molar-refractivity contribution in [3.05, 3.63) is 101 Å². The van der Waals surface area contributed by atoms with Crippen molar-refractivity contribution in [2.24, 2.45) is 0 Å². The van der Waals surface area contributed by atoms with Crippen LogP contribution in [0.4, 0.5) is 0 Å². The summed E-state index contributed by atoms with van der Waals surface area (Å²) < 4.78 is 11.6. The van der Waals surface area contributed by atoms with E-state index in [0.29, 0.717) is 13.2 Å². The number of hydrogen-bond donors (Lipinski definition) is 0. The Labute approximate surface area is 171 Å². The molecule has 2 unspecified atom stereocenters. The van der Waals surface area contributed by atoms with Gasteiger partial charge in [0.2, 0.25) is 6.04 Å². The molecule has 0 bridgehead atoms. The topological polar surface area (TPSA) is 51.0 Å². The van der Waals surface area contributed by atoms with Crippen LogP contribution in [0, 0.1) is 14.0 Å². The van der Waals surface area contributed by atoms with Gasteiger partial charge in [0, 0.05) is 42.7 Å². The fraction of sp³-hybridized carbons (Fsp3) is 0.333. The number of benzene rings is 2. The summed E-state index contributed by atoms with van der Waals surface area (Å²) in [5, 5.41) is 9.39. The van der Waals surface area contributed by atoms with Crippen LogP contribution in [0.25, 0.3) is 15.5 Å². The van der Waals surface area contributed by atoms with Gasteiger partial charge in [-0.2, -0.15) is 0 Å². The second-order valence-corrected chi connectivity index (χ2v) is 6.22. The molecular weight excluding hydrogens is 390 g/mol. The van der Waals surface area contributed by atoms with Gasteiger partial charge < -0.3 is 32.4 Å². The quantitative estimate of drug-likeness (QED) is 0.542. The maximum atomic E-state index is 7.58. The summed E-state index contributed by atoms with van der Waals surface area (Å²) in [4.78, 5) is 3.72. The molecule has 1 radical (unpaired) electrons. The Hall–Kier alpha value is -1.71. The standard InChI is InChI=1S/C20H19N3O2.CH3.Cu/c1-21-18(19-22-16(12-24-19)14-8-4-2-5-9-14)20-23-17(13-25-20)15-10-6-3-7-11-15;;/h2-11,16-20H,12-13H2;1H3;/q-2;-1;/t16-,17-,18?,19?,20?;;/m0../s1. The van der Waals surface area contributed by atoms with Crippen LogP contribution < -0.4 is 0 Å². The molecule has 2 saturated heterocycles. The monoisotopic (exact) mass is 411 g/mol. The molecule has 4 rings (SSSR count). The van der Waals surface area contributed by atoms with Crippen molar-refractivity contribution < 1.29 is 26.5 Å². The average Bonchev–Trinajstić information content (AvgIpc) is 3.35. The van der Waals surface area contributed by atoms with E-state index in [4.69, 9.17) is 26.7 Å². The Bertz CT molecular complexity index is 681. The van der Waals surface area contributed by atoms with Crippen molar-refractivity contribution in [1.29, 1.82) is 0 Å². The molecule has 2 aliphatic heterocycles. The maximum absolute atomic E-state index is 7.58. The molecule has 2 aromatic carbocycles. The van der Waals surface area contributed by atoms with Gasteiger partial charge in [0.1, 0.15) is 0 Å². The Kier molecular flexibility index (Phi) is 8.00. The Morgan fingerprint density at radius 2 is 1.22 bits per heavy atom. The molecule has 0 aliphatic carbocycles. The molecule has 0 saturated carbocycles. The van der Waals surface area contributed by atoms with Crippen molar-refractivity contribution in [1.82, 2.24) is 0 Å². The van der Waals surface area contributed by atoms with Crippen molar-refractivity contribution >= 4 is 0 Å². The summed E-state index contributed by atoms with van der Waals surface area (Å²) in [5.41, 5.74) is 2.22. The third kappa shape index (κ3) is 4.77. The van der Waals surface area contributed by atoms with E-state index < -0.39 is 18.5 Å². The zero-order chi connectivity index (χ0) is 17.1. The van der Waals surface area contributed by atoms with E-state index in [1.165, 1.54) is 0 Å². The van der Waals surface area contributed by atoms with E-state index in [2.05, 4.69) is 4.85 Å². The van der Waals surface area contributed by atoms with Crippen LogP contribution in [0.1, 0.15) is 23.2 Å². The first-order valence-electron chi connectivity index (χ1n) is 8.45. The zero-order valence-electron chi connectivity index (χ0n) is 15.0. The van der Waals surface area contributed by atoms with Crippen LogP contribution in [0.5, 0.6) is 0 Å². The maximum Gasteiger partial charge on any atom is 0.237 e. The molecule has 4 atom stereocenters. The van der Waals surface area contributed by atoms with Gasteiger partial charge in [0.15, 0.2) is 0 Å². The van der Waals surface area contributed by atoms with Gasteiger partial charge in [-0.1, -0.05) is 83.9 Å². The van der Waals surface area contributed by atoms with Crippen molar-refractivity contribution in [2.75, 3.05) is 13.2 Å². The van der Waals surface area contributed by atoms with E-state index in [1.807, 2.05) is 60.7 Å². The zero-order valence-corrected chi connectivity index (χ0v) is 16.0. The molecule has 2 fully saturated rings. The molecule has 2 aromatic rings. The fourth-order valence-electron chi connectivity index (χ4n) is 3.26. The predicted octanol–water partition coefficient (Wildman–Crippen LogP) is 4.66. The van der Waals surface area contributed by atoms with Crippen molar-refractivity contribution in [2.45, 2.75) is 30.6 Å². The predicted molar refractivity (Wildman–Crippen MR) is 101 cm³/mol. The summed E-state index contributed by atoms with van der Waals surface area (Å²) in [6.07, 6.45) is -0.989. The largest absolute Gasteiger partial charge is 0.622 e. The molecule has 5 nitrogen and oxygen atoms in total. The molecular formula is C21H22CuN3O2-3. The molecule has 0 N–H and O–H groups in total. The minimum atomic E-state index is -0.539. The molecule has 2 heterocycles. The van der Waals surface area contributed by atoms with Crippen LogP contribution in [0.2, 0.25) is 0 Å². The third-order valence-corrected chi connectivity index (χ3v) is 4.61. The summed E-state index contributed by atoms with van der Waals surface area (Å²) in [7, 11) is 0. The van der Waals surface area contributed by atoms with Gasteiger partial charge in [-0.3, -0.25) is 0 Å². The van der Waals surface area contributed by atoms with Gasteiger partial charge in [-0.15, -0.1) is 0 Å². The van der Waals surface area contributed by atoms with Crippen LogP contribution in [-0.4, -0.2) is 31.7 Å². The fourth-order valence-corrected chi connectivity index (χ4v) is 3.26. The van der Waals surface area contributed by atoms with Gasteiger partial charge in [0.05, 0.1) is 0 Å². The van der Waals surface area contributed by atoms with Crippen LogP contribution in [-0.2, 0) is 26.5 Å². The first kappa shape index (κ1) is 21.6. The molecule has 0 aromatic heterocycles. The second kappa shape index (κ2) is 10.0. The number of rotatable bonds is 4. The molecule has 2 aliphatic rings. The molecule has 0 spiro atoms. The van der Waals surface area contributed by atoms with Gasteiger partial charge in [-0.25, -0.2) is 6.57 Å². The summed E-state index contributed by atoms with van der Waals surface area (Å²) >= 11 is 0. The van der Waals surface area contributed by atoms with E-state index in [0.717, 1.165) is 11.1 Å². The molecule has 6 heteroatoms. The Morgan fingerprint density at radius 3 is 1.59 bits per heavy atom. The van der Waals surface area contributed by atoms with Crippen molar-refractivity contribution in [3.63, 3.8) is 0 Å². The van der Waals surface area contributed by atoms with Crippen LogP contribution >= 0.6 is 0 Å². The smallest absolute Gasteiger partial charge is 0.237 e. The van der Waals surface area contributed by atoms with E-state index in [-0.39, 0.29) is 36.6 Å². The van der Waals surface area contributed by atoms with Gasteiger partial charge in [0.25, 0.3) is 0 Å². The van der Waals surface area contributed by atoms with Crippen LogP contribution in [0.3, 0.4) is 0 Å². The van der Waals surface area contributed by atoms with Crippen LogP contribution in [0.15, 0.2) is 60.7 Å². The van der Waals surface area contributed by atoms with E-state index in [1.54, 1.807) is 0 Å². The molecule has 147 valence electrons. The Balaban J connectivity index is 0.00000131. The SMILES string of the molecule is [C-]#[N+]C(C1[N-][C@H](c2ccccc2)CO1)C1[N-][C@H](c2ccccc2)CO1.[CH3-].[Cu]. The minimum absolute atomic E-state index is 0. The average molecular weight is 412 g/mol. The van der Waals surface area contributed by atoms with Crippen molar-refractivity contribution in [3.8, 4) is 0 Å². The Morgan fingerprint density at radius 1 is 0.815 bits per heavy atom. The first-order valence-corrected chi connectivity index (χ1v) is 8.45. The van der Waals surface area contributed by atoms with E-state index in [9.17, 15) is 0 Å². The number of hydrogen-bond acceptors (Lipinski definition) is 2. The first-order chi connectivity index (χ1) is 12.3. The summed E-state index contributed by atoms with van der Waals surface area (Å²) in [6, 6.07) is 19.5. The van der Waals surface area contributed by atoms with Gasteiger partial charge in [-0.05, 0) is 0 Å². The number of nitrogens with zero attached hydrogens (tertiary/aromatic N) is 3. The summed E-state index contributed by atoms with van der Waals surface area (Å²) in [6.45, 7) is 8.57. The molecule has 0 amide bonds. The summed E-state index contributed by atoms with van der Waals surface area (Å²) in [5.74, 6) is 0. The van der Waals surface area contributed by atoms with E-state index >= 15 is 0 Å². The second-order valence-electron chi connectivity index (χ2n) is 6.22. The van der Waals surface area contributed by atoms with Gasteiger partial charge >= 0.3 is 0 Å². The molecule has 27 heavy (non-hydrogen) atoms. The number of ether oxygens (including phenoxy) is 2. The minimum Gasteiger partial charge on any atom is -0.622 e.